The van der Waals surface area contributed by atoms with Gasteiger partial charge >= 0.3 is 0 Å². The maximum Gasteiger partial charge on any atom is 0.183 e. The van der Waals surface area contributed by atoms with E-state index in [0.717, 1.165) is 0 Å². The maximum absolute atomic E-state index is 13.6. The molecule has 6 heteroatoms. The van der Waals surface area contributed by atoms with Crippen molar-refractivity contribution < 1.29 is 17.5 Å². The van der Waals surface area contributed by atoms with Crippen molar-refractivity contribution in [3.8, 4) is 0 Å². The summed E-state index contributed by atoms with van der Waals surface area (Å²) >= 11 is 0. The predicted molar refractivity (Wildman–Crippen MR) is 90.0 cm³/mol. The highest BCUT2D eigenvalue weighted by Gasteiger charge is 2.69. The number of benzene rings is 2. The van der Waals surface area contributed by atoms with Gasteiger partial charge < -0.3 is 10.5 Å². The molecule has 0 spiro atoms. The Bertz CT molecular complexity index is 825. The smallest absolute Gasteiger partial charge is 0.183 e. The third-order valence-corrected chi connectivity index (χ3v) is 6.78. The number of ether oxygens (including phenoxy) is 1. The van der Waals surface area contributed by atoms with Crippen molar-refractivity contribution in [1.82, 2.24) is 0 Å². The van der Waals surface area contributed by atoms with Crippen LogP contribution in [-0.2, 0) is 14.6 Å². The fourth-order valence-electron chi connectivity index (χ4n) is 3.28. The number of rotatable bonds is 6. The van der Waals surface area contributed by atoms with Crippen molar-refractivity contribution in [2.45, 2.75) is 28.5 Å². The monoisotopic (exact) mass is 349 g/mol. The third-order valence-electron chi connectivity index (χ3n) is 4.47. The Hall–Kier alpha value is -1.76. The molecule has 2 N–H and O–H groups in total. The fourth-order valence-corrected chi connectivity index (χ4v) is 5.60. The molecule has 0 bridgehead atoms. The lowest BCUT2D eigenvalue weighted by Crippen LogP contribution is -2.36. The zero-order valence-corrected chi connectivity index (χ0v) is 14.2. The van der Waals surface area contributed by atoms with E-state index < -0.39 is 32.4 Å². The molecule has 0 unspecified atom stereocenters. The normalized spacial score (nSPS) is 26.3. The summed E-state index contributed by atoms with van der Waals surface area (Å²) in [7, 11) is -3.64. The molecule has 1 fully saturated rings. The first-order chi connectivity index (χ1) is 11.4. The number of halogens is 1. The quantitative estimate of drug-likeness (QED) is 0.870. The second-order valence-corrected chi connectivity index (χ2v) is 8.13. The summed E-state index contributed by atoms with van der Waals surface area (Å²) in [5.41, 5.74) is 5.93. The van der Waals surface area contributed by atoms with Gasteiger partial charge in [0.25, 0.3) is 0 Å². The zero-order chi connectivity index (χ0) is 17.4. The highest BCUT2D eigenvalue weighted by atomic mass is 32.2. The van der Waals surface area contributed by atoms with Crippen LogP contribution in [0.25, 0.3) is 0 Å². The Morgan fingerprint density at radius 1 is 1.17 bits per heavy atom. The van der Waals surface area contributed by atoms with E-state index in [1.807, 2.05) is 6.92 Å². The van der Waals surface area contributed by atoms with Crippen LogP contribution in [0.4, 0.5) is 4.39 Å². The molecule has 0 radical (unpaired) electrons. The largest absolute Gasteiger partial charge is 0.380 e. The Kier molecular flexibility index (Phi) is 4.46. The molecule has 24 heavy (non-hydrogen) atoms. The van der Waals surface area contributed by atoms with Gasteiger partial charge in [-0.1, -0.05) is 30.3 Å². The Morgan fingerprint density at radius 3 is 2.50 bits per heavy atom. The fraction of sp³-hybridized carbons (Fsp3) is 0.333. The lowest BCUT2D eigenvalue weighted by Gasteiger charge is -2.12. The number of hydrogen-bond donors (Lipinski definition) is 1. The average molecular weight is 349 g/mol. The van der Waals surface area contributed by atoms with Crippen LogP contribution >= 0.6 is 0 Å². The molecule has 3 rings (SSSR count). The minimum Gasteiger partial charge on any atom is -0.380 e. The van der Waals surface area contributed by atoms with Crippen LogP contribution in [0.1, 0.15) is 18.4 Å². The average Bonchev–Trinajstić information content (AvgIpc) is 3.21. The van der Waals surface area contributed by atoms with Crippen molar-refractivity contribution in [2.24, 2.45) is 5.73 Å². The van der Waals surface area contributed by atoms with Gasteiger partial charge in [0.15, 0.2) is 9.84 Å². The Balaban J connectivity index is 2.01. The van der Waals surface area contributed by atoms with Crippen LogP contribution in [0.15, 0.2) is 59.5 Å². The van der Waals surface area contributed by atoms with E-state index in [4.69, 9.17) is 10.5 Å². The second-order valence-electron chi connectivity index (χ2n) is 6.06. The van der Waals surface area contributed by atoms with E-state index in [-0.39, 0.29) is 11.5 Å². The molecule has 4 nitrogen and oxygen atoms in total. The number of nitrogens with two attached hydrogens (primary N) is 1. The molecule has 0 aromatic heterocycles. The molecule has 0 aliphatic heterocycles. The lowest BCUT2D eigenvalue weighted by molar-refractivity contribution is 0.125. The molecule has 2 aromatic rings. The van der Waals surface area contributed by atoms with Crippen molar-refractivity contribution >= 4 is 9.84 Å². The maximum atomic E-state index is 13.6. The molecular weight excluding hydrogens is 329 g/mol. The van der Waals surface area contributed by atoms with E-state index in [1.165, 1.54) is 12.1 Å². The molecule has 0 heterocycles. The molecule has 1 aliphatic carbocycles. The van der Waals surface area contributed by atoms with Gasteiger partial charge in [-0.2, -0.15) is 0 Å². The second kappa shape index (κ2) is 6.27. The molecule has 128 valence electrons. The van der Waals surface area contributed by atoms with E-state index in [0.29, 0.717) is 12.2 Å². The van der Waals surface area contributed by atoms with Crippen LogP contribution in [0.3, 0.4) is 0 Å². The van der Waals surface area contributed by atoms with Gasteiger partial charge in [0.05, 0.1) is 22.3 Å². The van der Waals surface area contributed by atoms with Crippen LogP contribution in [0.2, 0.25) is 0 Å². The first kappa shape index (κ1) is 17.1. The van der Waals surface area contributed by atoms with E-state index in [2.05, 4.69) is 0 Å². The van der Waals surface area contributed by atoms with E-state index >= 15 is 0 Å². The van der Waals surface area contributed by atoms with Crippen LogP contribution in [0, 0.1) is 5.82 Å². The standard InChI is InChI=1S/C18H20FNO3S/c1-2-23-12-18(20)16(13-7-6-8-14(19)11-13)17(18)24(21,22)15-9-4-3-5-10-15/h3-11,16-17H,2,12,20H2,1H3/t16-,17-,18+/m1/s1. The number of hydrogen-bond acceptors (Lipinski definition) is 4. The first-order valence-corrected chi connectivity index (χ1v) is 9.37. The molecule has 2 aromatic carbocycles. The minimum atomic E-state index is -3.64. The SMILES string of the molecule is CCOC[C@]1(N)[C@H](c2cccc(F)c2)[C@H]1S(=O)(=O)c1ccccc1. The molecule has 0 amide bonds. The van der Waals surface area contributed by atoms with E-state index in [9.17, 15) is 12.8 Å². The summed E-state index contributed by atoms with van der Waals surface area (Å²) in [6.07, 6.45) is 0. The van der Waals surface area contributed by atoms with Crippen molar-refractivity contribution in [3.63, 3.8) is 0 Å². The van der Waals surface area contributed by atoms with Crippen molar-refractivity contribution in [3.05, 3.63) is 66.0 Å². The zero-order valence-electron chi connectivity index (χ0n) is 13.4. The van der Waals surface area contributed by atoms with Crippen LogP contribution in [-0.4, -0.2) is 32.4 Å². The molecule has 1 aliphatic rings. The van der Waals surface area contributed by atoms with Crippen molar-refractivity contribution in [1.29, 1.82) is 0 Å². The summed E-state index contributed by atoms with van der Waals surface area (Å²) in [5.74, 6) is -0.904. The van der Waals surface area contributed by atoms with Crippen LogP contribution in [0.5, 0.6) is 0 Å². The van der Waals surface area contributed by atoms with Crippen LogP contribution < -0.4 is 5.73 Å². The Labute approximate surface area is 141 Å². The highest BCUT2D eigenvalue weighted by molar-refractivity contribution is 7.92. The molecule has 0 saturated heterocycles. The first-order valence-electron chi connectivity index (χ1n) is 7.82. The lowest BCUT2D eigenvalue weighted by atomic mass is 10.1. The van der Waals surface area contributed by atoms with Gasteiger partial charge in [0.1, 0.15) is 5.82 Å². The summed E-state index contributed by atoms with van der Waals surface area (Å²) in [6.45, 7) is 2.37. The summed E-state index contributed by atoms with van der Waals surface area (Å²) in [4.78, 5) is 0.222. The van der Waals surface area contributed by atoms with Gasteiger partial charge in [-0.25, -0.2) is 12.8 Å². The Morgan fingerprint density at radius 2 is 1.88 bits per heavy atom. The van der Waals surface area contributed by atoms with E-state index in [1.54, 1.807) is 42.5 Å². The van der Waals surface area contributed by atoms with Gasteiger partial charge in [-0.15, -0.1) is 0 Å². The topological polar surface area (TPSA) is 69.4 Å². The third kappa shape index (κ3) is 2.85. The highest BCUT2D eigenvalue weighted by Crippen LogP contribution is 2.55. The summed E-state index contributed by atoms with van der Waals surface area (Å²) < 4.78 is 45.0. The molecular formula is C18H20FNO3S. The molecule has 1 saturated carbocycles. The minimum absolute atomic E-state index is 0.113. The summed E-state index contributed by atoms with van der Waals surface area (Å²) in [5, 5.41) is -0.833. The van der Waals surface area contributed by atoms with Gasteiger partial charge in [-0.05, 0) is 36.8 Å². The van der Waals surface area contributed by atoms with Gasteiger partial charge in [0, 0.05) is 12.5 Å². The predicted octanol–water partition coefficient (Wildman–Crippen LogP) is 2.50. The van der Waals surface area contributed by atoms with Crippen molar-refractivity contribution in [2.75, 3.05) is 13.2 Å². The van der Waals surface area contributed by atoms with Gasteiger partial charge in [0.2, 0.25) is 0 Å². The van der Waals surface area contributed by atoms with Gasteiger partial charge in [-0.3, -0.25) is 0 Å². The summed E-state index contributed by atoms with van der Waals surface area (Å²) in [6, 6.07) is 14.2. The number of sulfone groups is 1. The molecule has 3 atom stereocenters.